The van der Waals surface area contributed by atoms with Gasteiger partial charge in [0.05, 0.1) is 10.0 Å². The maximum absolute atomic E-state index is 10.5. The number of hydrogen-bond acceptors (Lipinski definition) is 3. The van der Waals surface area contributed by atoms with E-state index in [0.717, 1.165) is 0 Å². The molecule has 15 heavy (non-hydrogen) atoms. The van der Waals surface area contributed by atoms with Gasteiger partial charge in [0.15, 0.2) is 0 Å². The number of carboxylic acids is 1. The van der Waals surface area contributed by atoms with E-state index < -0.39 is 18.1 Å². The van der Waals surface area contributed by atoms with E-state index in [-0.39, 0.29) is 5.02 Å². The molecule has 82 valence electrons. The van der Waals surface area contributed by atoms with Gasteiger partial charge in [0.25, 0.3) is 0 Å². The molecule has 0 aliphatic rings. The van der Waals surface area contributed by atoms with E-state index in [2.05, 4.69) is 0 Å². The van der Waals surface area contributed by atoms with Crippen LogP contribution < -0.4 is 5.73 Å². The summed E-state index contributed by atoms with van der Waals surface area (Å²) in [6.45, 7) is 0. The summed E-state index contributed by atoms with van der Waals surface area (Å²) in [5.41, 5.74) is 5.57. The number of aliphatic carboxylic acids is 1. The largest absolute Gasteiger partial charge is 0.480 e. The minimum atomic E-state index is -1.39. The predicted molar refractivity (Wildman–Crippen MR) is 57.0 cm³/mol. The predicted octanol–water partition coefficient (Wildman–Crippen LogP) is 1.44. The molecule has 6 heteroatoms. The van der Waals surface area contributed by atoms with Gasteiger partial charge in [0.1, 0.15) is 12.1 Å². The zero-order chi connectivity index (χ0) is 11.6. The highest BCUT2D eigenvalue weighted by Crippen LogP contribution is 2.26. The molecule has 2 atom stereocenters. The minimum absolute atomic E-state index is 0.241. The molecule has 0 aromatic heterocycles. The third-order valence-electron chi connectivity index (χ3n) is 1.91. The SMILES string of the molecule is N[C@@H](C(=O)O)[C@H](O)c1ccc(Cl)c(Cl)c1. The molecule has 0 fully saturated rings. The maximum atomic E-state index is 10.5. The van der Waals surface area contributed by atoms with Gasteiger partial charge in [-0.25, -0.2) is 0 Å². The van der Waals surface area contributed by atoms with Crippen LogP contribution in [0.15, 0.2) is 18.2 Å². The molecule has 4 N–H and O–H groups in total. The fourth-order valence-corrected chi connectivity index (χ4v) is 1.35. The van der Waals surface area contributed by atoms with Crippen molar-refractivity contribution in [3.05, 3.63) is 33.8 Å². The standard InChI is InChI=1S/C9H9Cl2NO3/c10-5-2-1-4(3-6(5)11)8(13)7(12)9(14)15/h1-3,7-8,13H,12H2,(H,14,15)/t7-,8-/m1/s1. The lowest BCUT2D eigenvalue weighted by Gasteiger charge is -2.15. The van der Waals surface area contributed by atoms with Crippen LogP contribution in [0.2, 0.25) is 10.0 Å². The molecule has 1 rings (SSSR count). The minimum Gasteiger partial charge on any atom is -0.480 e. The van der Waals surface area contributed by atoms with E-state index in [1.165, 1.54) is 18.2 Å². The first kappa shape index (κ1) is 12.3. The highest BCUT2D eigenvalue weighted by molar-refractivity contribution is 6.42. The molecular weight excluding hydrogens is 241 g/mol. The Labute approximate surface area is 96.2 Å². The maximum Gasteiger partial charge on any atom is 0.323 e. The van der Waals surface area contributed by atoms with Crippen molar-refractivity contribution in [2.24, 2.45) is 5.73 Å². The number of carbonyl (C=O) groups is 1. The molecule has 0 saturated carbocycles. The lowest BCUT2D eigenvalue weighted by molar-refractivity contribution is -0.141. The summed E-state index contributed by atoms with van der Waals surface area (Å²) in [7, 11) is 0. The third-order valence-corrected chi connectivity index (χ3v) is 2.65. The number of hydrogen-bond donors (Lipinski definition) is 3. The summed E-state index contributed by atoms with van der Waals surface area (Å²) in [6, 6.07) is 2.94. The first-order valence-electron chi connectivity index (χ1n) is 4.05. The van der Waals surface area contributed by atoms with Crippen molar-refractivity contribution in [2.75, 3.05) is 0 Å². The Kier molecular flexibility index (Phi) is 3.93. The molecule has 4 nitrogen and oxygen atoms in total. The lowest BCUT2D eigenvalue weighted by Crippen LogP contribution is -2.36. The van der Waals surface area contributed by atoms with Gasteiger partial charge >= 0.3 is 5.97 Å². The van der Waals surface area contributed by atoms with E-state index in [0.29, 0.717) is 10.6 Å². The third kappa shape index (κ3) is 2.82. The van der Waals surface area contributed by atoms with E-state index in [9.17, 15) is 9.90 Å². The van der Waals surface area contributed by atoms with Crippen molar-refractivity contribution in [1.29, 1.82) is 0 Å². The average molecular weight is 250 g/mol. The number of aliphatic hydroxyl groups excluding tert-OH is 1. The topological polar surface area (TPSA) is 83.6 Å². The second kappa shape index (κ2) is 4.81. The van der Waals surface area contributed by atoms with Gasteiger partial charge < -0.3 is 15.9 Å². The Morgan fingerprint density at radius 3 is 2.40 bits per heavy atom. The van der Waals surface area contributed by atoms with Crippen LogP contribution in [0, 0.1) is 0 Å². The zero-order valence-corrected chi connectivity index (χ0v) is 9.03. The van der Waals surface area contributed by atoms with Gasteiger partial charge in [0.2, 0.25) is 0 Å². The Balaban J connectivity index is 2.96. The van der Waals surface area contributed by atoms with Crippen molar-refractivity contribution in [3.8, 4) is 0 Å². The van der Waals surface area contributed by atoms with Crippen LogP contribution in [-0.4, -0.2) is 22.2 Å². The molecule has 1 aromatic carbocycles. The first-order chi connectivity index (χ1) is 6.93. The molecule has 0 spiro atoms. The van der Waals surface area contributed by atoms with Crippen LogP contribution in [0.4, 0.5) is 0 Å². The average Bonchev–Trinajstić information content (AvgIpc) is 2.19. The van der Waals surface area contributed by atoms with Crippen molar-refractivity contribution in [1.82, 2.24) is 0 Å². The van der Waals surface area contributed by atoms with Crippen LogP contribution >= 0.6 is 23.2 Å². The zero-order valence-electron chi connectivity index (χ0n) is 7.52. The van der Waals surface area contributed by atoms with Crippen LogP contribution in [0.3, 0.4) is 0 Å². The molecule has 1 aromatic rings. The Morgan fingerprint density at radius 1 is 1.33 bits per heavy atom. The summed E-state index contributed by atoms with van der Waals surface area (Å²) in [4.78, 5) is 10.5. The molecule has 0 unspecified atom stereocenters. The number of nitrogens with two attached hydrogens (primary N) is 1. The van der Waals surface area contributed by atoms with Gasteiger partial charge in [-0.05, 0) is 17.7 Å². The molecule has 0 aliphatic heterocycles. The van der Waals surface area contributed by atoms with Gasteiger partial charge in [-0.2, -0.15) is 0 Å². The van der Waals surface area contributed by atoms with Gasteiger partial charge in [-0.15, -0.1) is 0 Å². The number of rotatable bonds is 3. The Hall–Kier alpha value is -0.810. The first-order valence-corrected chi connectivity index (χ1v) is 4.80. The number of halogens is 2. The lowest BCUT2D eigenvalue weighted by atomic mass is 10.0. The van der Waals surface area contributed by atoms with Crippen LogP contribution in [0.25, 0.3) is 0 Å². The summed E-state index contributed by atoms with van der Waals surface area (Å²) in [5, 5.41) is 18.7. The molecule has 0 aliphatic carbocycles. The van der Waals surface area contributed by atoms with Crippen LogP contribution in [-0.2, 0) is 4.79 Å². The number of aliphatic hydroxyl groups is 1. The molecule has 0 radical (unpaired) electrons. The molecule has 0 amide bonds. The van der Waals surface area contributed by atoms with E-state index >= 15 is 0 Å². The second-order valence-electron chi connectivity index (χ2n) is 2.98. The van der Waals surface area contributed by atoms with Gasteiger partial charge in [-0.3, -0.25) is 4.79 Å². The summed E-state index contributed by atoms with van der Waals surface area (Å²) in [6.07, 6.45) is -1.31. The number of benzene rings is 1. The smallest absolute Gasteiger partial charge is 0.323 e. The van der Waals surface area contributed by atoms with Crippen molar-refractivity contribution in [2.45, 2.75) is 12.1 Å². The highest BCUT2D eigenvalue weighted by atomic mass is 35.5. The van der Waals surface area contributed by atoms with E-state index in [1.54, 1.807) is 0 Å². The highest BCUT2D eigenvalue weighted by Gasteiger charge is 2.23. The van der Waals surface area contributed by atoms with Gasteiger partial charge in [0, 0.05) is 0 Å². The quantitative estimate of drug-likeness (QED) is 0.757. The van der Waals surface area contributed by atoms with Crippen molar-refractivity contribution >= 4 is 29.2 Å². The van der Waals surface area contributed by atoms with Crippen LogP contribution in [0.5, 0.6) is 0 Å². The summed E-state index contributed by atoms with van der Waals surface area (Å²) in [5.74, 6) is -1.28. The van der Waals surface area contributed by atoms with E-state index in [4.69, 9.17) is 34.0 Å². The Morgan fingerprint density at radius 2 is 1.93 bits per heavy atom. The second-order valence-corrected chi connectivity index (χ2v) is 3.80. The number of carboxylic acid groups (broad SMARTS) is 1. The fraction of sp³-hybridized carbons (Fsp3) is 0.222. The van der Waals surface area contributed by atoms with Crippen LogP contribution in [0.1, 0.15) is 11.7 Å². The Bertz CT molecular complexity index is 384. The fourth-order valence-electron chi connectivity index (χ4n) is 1.04. The summed E-state index contributed by atoms with van der Waals surface area (Å²) >= 11 is 11.4. The van der Waals surface area contributed by atoms with E-state index in [1.807, 2.05) is 0 Å². The summed E-state index contributed by atoms with van der Waals surface area (Å²) < 4.78 is 0. The normalized spacial score (nSPS) is 14.7. The molecule has 0 heterocycles. The monoisotopic (exact) mass is 249 g/mol. The van der Waals surface area contributed by atoms with Crippen molar-refractivity contribution in [3.63, 3.8) is 0 Å². The molecule has 0 saturated heterocycles. The molecule has 0 bridgehead atoms. The van der Waals surface area contributed by atoms with Crippen molar-refractivity contribution < 1.29 is 15.0 Å². The van der Waals surface area contributed by atoms with Gasteiger partial charge in [-0.1, -0.05) is 29.3 Å². The molecular formula is C9H9Cl2NO3.